The van der Waals surface area contributed by atoms with Gasteiger partial charge in [-0.05, 0) is 0 Å². The number of nitrogens with one attached hydrogen (secondary N) is 2. The van der Waals surface area contributed by atoms with Crippen LogP contribution in [0.5, 0.6) is 0 Å². The minimum atomic E-state index is 0.978. The van der Waals surface area contributed by atoms with Crippen molar-refractivity contribution in [3.8, 4) is 0 Å². The van der Waals surface area contributed by atoms with E-state index in [2.05, 4.69) is 15.8 Å². The van der Waals surface area contributed by atoms with Crippen LogP contribution in [-0.4, -0.2) is 19.3 Å². The second-order valence-electron chi connectivity index (χ2n) is 2.30. The first kappa shape index (κ1) is 4.99. The molecular weight excluding hydrogens is 114 g/mol. The van der Waals surface area contributed by atoms with Gasteiger partial charge < -0.3 is 5.32 Å². The summed E-state index contributed by atoms with van der Waals surface area (Å²) in [6, 6.07) is 0. The van der Waals surface area contributed by atoms with Crippen molar-refractivity contribution in [1.82, 2.24) is 15.8 Å². The molecule has 3 nitrogen and oxygen atoms in total. The highest BCUT2D eigenvalue weighted by molar-refractivity contribution is 5.81. The minimum Gasteiger partial charge on any atom is -0.312 e. The Morgan fingerprint density at radius 3 is 3.44 bits per heavy atom. The summed E-state index contributed by atoms with van der Waals surface area (Å²) in [6.45, 7) is 2.06. The number of hydrazone groups is 1. The van der Waals surface area contributed by atoms with Crippen LogP contribution >= 0.6 is 0 Å². The van der Waals surface area contributed by atoms with E-state index in [-0.39, 0.29) is 0 Å². The summed E-state index contributed by atoms with van der Waals surface area (Å²) in [5.41, 5.74) is 5.59. The van der Waals surface area contributed by atoms with Crippen molar-refractivity contribution in [2.75, 3.05) is 13.1 Å². The van der Waals surface area contributed by atoms with Crippen LogP contribution in [0.4, 0.5) is 0 Å². The third kappa shape index (κ3) is 0.733. The maximum atomic E-state index is 3.94. The summed E-state index contributed by atoms with van der Waals surface area (Å²) in [7, 11) is 0. The van der Waals surface area contributed by atoms with Gasteiger partial charge in [-0.1, -0.05) is 0 Å². The molecule has 47 valence electrons. The maximum absolute atomic E-state index is 3.94. The predicted octanol–water partition coefficient (Wildman–Crippen LogP) is -0.841. The summed E-state index contributed by atoms with van der Waals surface area (Å²) in [5.74, 6) is 0. The van der Waals surface area contributed by atoms with Crippen molar-refractivity contribution in [2.45, 2.75) is 6.42 Å². The van der Waals surface area contributed by atoms with E-state index < -0.39 is 0 Å². The summed E-state index contributed by atoms with van der Waals surface area (Å²) in [5, 5.41) is 7.21. The van der Waals surface area contributed by atoms with Gasteiger partial charge in [-0.25, -0.2) is 0 Å². The molecule has 0 fully saturated rings. The fourth-order valence-electron chi connectivity index (χ4n) is 1.14. The SMILES string of the molecule is C1=[N+]NC2=C1CNCC2. The van der Waals surface area contributed by atoms with E-state index in [1.54, 1.807) is 0 Å². The van der Waals surface area contributed by atoms with Crippen LogP contribution in [0.15, 0.2) is 11.3 Å². The molecule has 3 heteroatoms. The van der Waals surface area contributed by atoms with E-state index in [1.165, 1.54) is 11.3 Å². The Morgan fingerprint density at radius 2 is 2.56 bits per heavy atom. The number of nitrogens with zero attached hydrogens (tertiary/aromatic N) is 1. The quantitative estimate of drug-likeness (QED) is 0.440. The Kier molecular flexibility index (Phi) is 1.02. The van der Waals surface area contributed by atoms with Gasteiger partial charge in [-0.2, -0.15) is 0 Å². The van der Waals surface area contributed by atoms with Crippen molar-refractivity contribution in [3.05, 3.63) is 11.3 Å². The van der Waals surface area contributed by atoms with Gasteiger partial charge in [0.25, 0.3) is 6.21 Å². The normalized spacial score (nSPS) is 24.0. The molecule has 0 atom stereocenters. The van der Waals surface area contributed by atoms with Gasteiger partial charge in [0, 0.05) is 19.5 Å². The molecule has 0 saturated heterocycles. The molecule has 0 amide bonds. The van der Waals surface area contributed by atoms with Gasteiger partial charge in [0.15, 0.2) is 5.10 Å². The lowest BCUT2D eigenvalue weighted by atomic mass is 10.1. The van der Waals surface area contributed by atoms with Gasteiger partial charge in [0.1, 0.15) is 0 Å². The fourth-order valence-corrected chi connectivity index (χ4v) is 1.14. The van der Waals surface area contributed by atoms with E-state index in [4.69, 9.17) is 0 Å². The van der Waals surface area contributed by atoms with Crippen LogP contribution in [0.25, 0.3) is 0 Å². The largest absolute Gasteiger partial charge is 0.312 e. The first-order valence-electron chi connectivity index (χ1n) is 3.18. The lowest BCUT2D eigenvalue weighted by Gasteiger charge is -2.09. The van der Waals surface area contributed by atoms with E-state index in [0.717, 1.165) is 19.5 Å². The standard InChI is InChI=1S/C6H9N3/c1-2-7-3-5-4-8-9-6(1)5/h4,7,9H,1-3H2/q+1. The highest BCUT2D eigenvalue weighted by Gasteiger charge is 2.20. The van der Waals surface area contributed by atoms with E-state index in [0.29, 0.717) is 0 Å². The van der Waals surface area contributed by atoms with E-state index in [9.17, 15) is 0 Å². The molecule has 0 aromatic carbocycles. The molecule has 2 rings (SSSR count). The van der Waals surface area contributed by atoms with Gasteiger partial charge in [-0.15, -0.1) is 5.43 Å². The highest BCUT2D eigenvalue weighted by atomic mass is 15.3. The van der Waals surface area contributed by atoms with E-state index in [1.807, 2.05) is 6.21 Å². The van der Waals surface area contributed by atoms with Gasteiger partial charge in [0.2, 0.25) is 0 Å². The van der Waals surface area contributed by atoms with Crippen molar-refractivity contribution in [1.29, 1.82) is 0 Å². The molecule has 9 heavy (non-hydrogen) atoms. The summed E-state index contributed by atoms with van der Waals surface area (Å²) < 4.78 is 0. The third-order valence-corrected chi connectivity index (χ3v) is 1.67. The Balaban J connectivity index is 2.24. The molecule has 2 aliphatic heterocycles. The summed E-state index contributed by atoms with van der Waals surface area (Å²) in [4.78, 5) is 0. The van der Waals surface area contributed by atoms with Crippen molar-refractivity contribution in [2.24, 2.45) is 0 Å². The van der Waals surface area contributed by atoms with Gasteiger partial charge in [0.05, 0.1) is 11.3 Å². The third-order valence-electron chi connectivity index (χ3n) is 1.67. The van der Waals surface area contributed by atoms with Gasteiger partial charge >= 0.3 is 0 Å². The predicted molar refractivity (Wildman–Crippen MR) is 35.8 cm³/mol. The molecule has 0 aromatic rings. The molecular formula is C6H9N3+. The molecule has 0 aliphatic carbocycles. The second-order valence-corrected chi connectivity index (χ2v) is 2.30. The van der Waals surface area contributed by atoms with Crippen LogP contribution in [0, 0.1) is 0 Å². The van der Waals surface area contributed by atoms with Crippen LogP contribution in [0.1, 0.15) is 6.42 Å². The number of hydrogen-bond acceptors (Lipinski definition) is 3. The van der Waals surface area contributed by atoms with Crippen molar-refractivity contribution >= 4 is 6.21 Å². The van der Waals surface area contributed by atoms with Crippen LogP contribution in [0.2, 0.25) is 0 Å². The molecule has 0 aromatic heterocycles. The molecule has 1 radical (unpaired) electrons. The first-order chi connectivity index (χ1) is 4.47. The molecule has 0 unspecified atom stereocenters. The Bertz CT molecular complexity index is 181. The lowest BCUT2D eigenvalue weighted by Crippen LogP contribution is -2.26. The molecule has 2 aliphatic rings. The highest BCUT2D eigenvalue weighted by Crippen LogP contribution is 2.08. The molecule has 0 saturated carbocycles. The first-order valence-corrected chi connectivity index (χ1v) is 3.18. The summed E-state index contributed by atoms with van der Waals surface area (Å²) in [6.07, 6.45) is 2.98. The zero-order valence-corrected chi connectivity index (χ0v) is 5.15. The lowest BCUT2D eigenvalue weighted by molar-refractivity contribution is 0.650. The zero-order chi connectivity index (χ0) is 6.10. The number of rotatable bonds is 0. The maximum Gasteiger partial charge on any atom is 0.281 e. The van der Waals surface area contributed by atoms with Crippen LogP contribution in [0.3, 0.4) is 0 Å². The fraction of sp³-hybridized carbons (Fsp3) is 0.500. The van der Waals surface area contributed by atoms with Crippen molar-refractivity contribution < 1.29 is 0 Å². The Morgan fingerprint density at radius 1 is 1.56 bits per heavy atom. The monoisotopic (exact) mass is 123 g/mol. The average Bonchev–Trinajstić information content (AvgIpc) is 2.33. The molecule has 0 bridgehead atoms. The number of hydrogen-bond donors (Lipinski definition) is 2. The second kappa shape index (κ2) is 1.84. The summed E-state index contributed by atoms with van der Waals surface area (Å²) >= 11 is 0. The Labute approximate surface area is 53.8 Å². The molecule has 2 heterocycles. The van der Waals surface area contributed by atoms with Gasteiger partial charge in [-0.3, -0.25) is 0 Å². The Hall–Kier alpha value is -0.830. The van der Waals surface area contributed by atoms with E-state index >= 15 is 0 Å². The van der Waals surface area contributed by atoms with Crippen molar-refractivity contribution in [3.63, 3.8) is 0 Å². The zero-order valence-electron chi connectivity index (χ0n) is 5.15. The smallest absolute Gasteiger partial charge is 0.281 e. The molecule has 0 spiro atoms. The van der Waals surface area contributed by atoms with Crippen LogP contribution in [-0.2, 0) is 0 Å². The minimum absolute atomic E-state index is 0.978. The average molecular weight is 123 g/mol. The van der Waals surface area contributed by atoms with Crippen LogP contribution < -0.4 is 15.8 Å². The molecule has 2 N–H and O–H groups in total. The topological polar surface area (TPSA) is 38.2 Å².